The fraction of sp³-hybridized carbons (Fsp3) is 0.471. The molecule has 1 N–H and O–H groups in total. The third-order valence-corrected chi connectivity index (χ3v) is 4.60. The number of benzene rings is 1. The van der Waals surface area contributed by atoms with E-state index in [0.29, 0.717) is 5.54 Å². The molecule has 0 bridgehead atoms. The number of para-hydroxylation sites is 1. The van der Waals surface area contributed by atoms with Crippen molar-refractivity contribution in [3.63, 3.8) is 0 Å². The Hall–Kier alpha value is -1.45. The molecule has 1 fully saturated rings. The lowest BCUT2D eigenvalue weighted by molar-refractivity contribution is 0.145. The number of aromatic nitrogens is 1. The highest BCUT2D eigenvalue weighted by Crippen LogP contribution is 2.22. The molecule has 2 heterocycles. The van der Waals surface area contributed by atoms with E-state index < -0.39 is 0 Å². The first kappa shape index (κ1) is 13.5. The van der Waals surface area contributed by atoms with Crippen molar-refractivity contribution in [3.05, 3.63) is 42.1 Å². The van der Waals surface area contributed by atoms with E-state index in [2.05, 4.69) is 60.6 Å². The molecular weight excluding hydrogens is 246 g/mol. The highest BCUT2D eigenvalue weighted by molar-refractivity contribution is 5.78. The van der Waals surface area contributed by atoms with E-state index in [4.69, 9.17) is 4.98 Å². The van der Waals surface area contributed by atoms with E-state index in [-0.39, 0.29) is 0 Å². The van der Waals surface area contributed by atoms with Crippen LogP contribution in [0.5, 0.6) is 0 Å². The van der Waals surface area contributed by atoms with Crippen molar-refractivity contribution in [2.75, 3.05) is 20.1 Å². The van der Waals surface area contributed by atoms with Gasteiger partial charge in [-0.1, -0.05) is 24.3 Å². The summed E-state index contributed by atoms with van der Waals surface area (Å²) in [6.07, 6.45) is 2.41. The quantitative estimate of drug-likeness (QED) is 0.928. The van der Waals surface area contributed by atoms with E-state index in [1.165, 1.54) is 23.9 Å². The van der Waals surface area contributed by atoms with Crippen LogP contribution in [0, 0.1) is 0 Å². The second-order valence-electron chi connectivity index (χ2n) is 6.08. The summed E-state index contributed by atoms with van der Waals surface area (Å²) in [5.74, 6) is 0. The standard InChI is InChI=1S/C17H23N3/c1-17(18-2)9-11-20(12-10-17)13-15-8-7-14-5-3-4-6-16(14)19-15/h3-8,18H,9-13H2,1-2H3. The van der Waals surface area contributed by atoms with E-state index >= 15 is 0 Å². The molecule has 3 rings (SSSR count). The third kappa shape index (κ3) is 2.84. The maximum atomic E-state index is 4.77. The van der Waals surface area contributed by atoms with Gasteiger partial charge in [0, 0.05) is 30.6 Å². The van der Waals surface area contributed by atoms with Crippen LogP contribution in [0.1, 0.15) is 25.5 Å². The lowest BCUT2D eigenvalue weighted by Crippen LogP contribution is -2.49. The molecule has 2 aromatic rings. The number of hydrogen-bond acceptors (Lipinski definition) is 3. The monoisotopic (exact) mass is 269 g/mol. The van der Waals surface area contributed by atoms with Gasteiger partial charge in [0.05, 0.1) is 11.2 Å². The first-order valence-corrected chi connectivity index (χ1v) is 7.44. The Morgan fingerprint density at radius 3 is 2.65 bits per heavy atom. The number of likely N-dealkylation sites (tertiary alicyclic amines) is 1. The summed E-state index contributed by atoms with van der Waals surface area (Å²) in [4.78, 5) is 7.28. The Labute approximate surface area is 121 Å². The largest absolute Gasteiger partial charge is 0.314 e. The first-order chi connectivity index (χ1) is 9.68. The fourth-order valence-corrected chi connectivity index (χ4v) is 2.88. The molecule has 0 atom stereocenters. The van der Waals surface area contributed by atoms with Gasteiger partial charge in [0.15, 0.2) is 0 Å². The topological polar surface area (TPSA) is 28.2 Å². The summed E-state index contributed by atoms with van der Waals surface area (Å²) in [5, 5.41) is 4.67. The predicted octanol–water partition coefficient (Wildman–Crippen LogP) is 2.81. The molecule has 20 heavy (non-hydrogen) atoms. The van der Waals surface area contributed by atoms with Crippen LogP contribution >= 0.6 is 0 Å². The van der Waals surface area contributed by atoms with Gasteiger partial charge in [-0.25, -0.2) is 0 Å². The summed E-state index contributed by atoms with van der Waals surface area (Å²) in [7, 11) is 2.07. The zero-order chi connectivity index (χ0) is 14.0. The van der Waals surface area contributed by atoms with Gasteiger partial charge in [0.2, 0.25) is 0 Å². The minimum Gasteiger partial charge on any atom is -0.314 e. The Bertz CT molecular complexity index is 586. The molecule has 0 amide bonds. The Morgan fingerprint density at radius 2 is 1.90 bits per heavy atom. The Morgan fingerprint density at radius 1 is 1.15 bits per heavy atom. The van der Waals surface area contributed by atoms with Gasteiger partial charge in [0.1, 0.15) is 0 Å². The molecule has 0 aliphatic carbocycles. The van der Waals surface area contributed by atoms with Crippen molar-refractivity contribution in [3.8, 4) is 0 Å². The van der Waals surface area contributed by atoms with E-state index in [0.717, 1.165) is 25.2 Å². The van der Waals surface area contributed by atoms with Crippen LogP contribution in [0.25, 0.3) is 10.9 Å². The summed E-state index contributed by atoms with van der Waals surface area (Å²) >= 11 is 0. The normalized spacial score (nSPS) is 19.3. The maximum Gasteiger partial charge on any atom is 0.0705 e. The van der Waals surface area contributed by atoms with Crippen molar-refractivity contribution in [2.45, 2.75) is 31.8 Å². The van der Waals surface area contributed by atoms with Crippen LogP contribution in [0.3, 0.4) is 0 Å². The van der Waals surface area contributed by atoms with Gasteiger partial charge in [-0.3, -0.25) is 9.88 Å². The number of piperidine rings is 1. The average Bonchev–Trinajstić information content (AvgIpc) is 2.50. The van der Waals surface area contributed by atoms with Gasteiger partial charge < -0.3 is 5.32 Å². The smallest absolute Gasteiger partial charge is 0.0705 e. The molecule has 0 spiro atoms. The van der Waals surface area contributed by atoms with E-state index in [1.807, 2.05) is 0 Å². The van der Waals surface area contributed by atoms with Crippen LogP contribution in [-0.2, 0) is 6.54 Å². The van der Waals surface area contributed by atoms with Crippen LogP contribution in [0.4, 0.5) is 0 Å². The minimum absolute atomic E-state index is 0.313. The predicted molar refractivity (Wildman–Crippen MR) is 83.7 cm³/mol. The number of hydrogen-bond donors (Lipinski definition) is 1. The van der Waals surface area contributed by atoms with E-state index in [1.54, 1.807) is 0 Å². The summed E-state index contributed by atoms with van der Waals surface area (Å²) < 4.78 is 0. The molecule has 1 aliphatic heterocycles. The number of fused-ring (bicyclic) bond motifs is 1. The van der Waals surface area contributed by atoms with Gasteiger partial charge in [-0.05, 0) is 38.9 Å². The van der Waals surface area contributed by atoms with Gasteiger partial charge >= 0.3 is 0 Å². The van der Waals surface area contributed by atoms with Crippen LogP contribution in [0.2, 0.25) is 0 Å². The number of pyridine rings is 1. The second-order valence-corrected chi connectivity index (χ2v) is 6.08. The molecule has 3 heteroatoms. The van der Waals surface area contributed by atoms with Crippen molar-refractivity contribution < 1.29 is 0 Å². The highest BCUT2D eigenvalue weighted by Gasteiger charge is 2.28. The Balaban J connectivity index is 1.68. The average molecular weight is 269 g/mol. The molecule has 1 aromatic heterocycles. The van der Waals surface area contributed by atoms with Crippen LogP contribution in [0.15, 0.2) is 36.4 Å². The molecule has 0 radical (unpaired) electrons. The highest BCUT2D eigenvalue weighted by atomic mass is 15.2. The third-order valence-electron chi connectivity index (χ3n) is 4.60. The molecule has 106 valence electrons. The zero-order valence-corrected chi connectivity index (χ0v) is 12.4. The first-order valence-electron chi connectivity index (χ1n) is 7.44. The lowest BCUT2D eigenvalue weighted by atomic mass is 9.90. The second kappa shape index (κ2) is 5.51. The molecule has 0 saturated carbocycles. The molecule has 1 saturated heterocycles. The van der Waals surface area contributed by atoms with Crippen LogP contribution < -0.4 is 5.32 Å². The van der Waals surface area contributed by atoms with Gasteiger partial charge in [-0.15, -0.1) is 0 Å². The minimum atomic E-state index is 0.313. The summed E-state index contributed by atoms with van der Waals surface area (Å²) in [6.45, 7) is 5.57. The van der Waals surface area contributed by atoms with Gasteiger partial charge in [0.25, 0.3) is 0 Å². The van der Waals surface area contributed by atoms with Gasteiger partial charge in [-0.2, -0.15) is 0 Å². The maximum absolute atomic E-state index is 4.77. The summed E-state index contributed by atoms with van der Waals surface area (Å²) in [6, 6.07) is 12.7. The van der Waals surface area contributed by atoms with E-state index in [9.17, 15) is 0 Å². The van der Waals surface area contributed by atoms with Crippen molar-refractivity contribution in [2.24, 2.45) is 0 Å². The summed E-state index contributed by atoms with van der Waals surface area (Å²) in [5.41, 5.74) is 2.59. The van der Waals surface area contributed by atoms with Crippen molar-refractivity contribution >= 4 is 10.9 Å². The number of nitrogens with one attached hydrogen (secondary N) is 1. The number of nitrogens with zero attached hydrogens (tertiary/aromatic N) is 2. The Kier molecular flexibility index (Phi) is 3.72. The molecule has 1 aliphatic rings. The molecule has 0 unspecified atom stereocenters. The molecule has 3 nitrogen and oxygen atoms in total. The fourth-order valence-electron chi connectivity index (χ4n) is 2.88. The molecule has 1 aromatic carbocycles. The SMILES string of the molecule is CNC1(C)CCN(Cc2ccc3ccccc3n2)CC1. The van der Waals surface area contributed by atoms with Crippen LogP contribution in [-0.4, -0.2) is 35.6 Å². The number of rotatable bonds is 3. The van der Waals surface area contributed by atoms with Crippen molar-refractivity contribution in [1.82, 2.24) is 15.2 Å². The zero-order valence-electron chi connectivity index (χ0n) is 12.4. The molecular formula is C17H23N3. The van der Waals surface area contributed by atoms with Crippen molar-refractivity contribution in [1.29, 1.82) is 0 Å². The lowest BCUT2D eigenvalue weighted by Gasteiger charge is -2.39.